The molecule has 0 saturated carbocycles. The molecule has 19 heavy (non-hydrogen) atoms. The van der Waals surface area contributed by atoms with Crippen molar-refractivity contribution in [3.8, 4) is 0 Å². The molecule has 0 heterocycles. The first-order valence-corrected chi connectivity index (χ1v) is 8.00. The summed E-state index contributed by atoms with van der Waals surface area (Å²) in [7, 11) is -2.11. The molecule has 0 aliphatic rings. The largest absolute Gasteiger partial charge is 0.357 e. The first-order chi connectivity index (χ1) is 8.81. The number of anilines is 1. The van der Waals surface area contributed by atoms with Crippen molar-refractivity contribution in [1.82, 2.24) is 5.32 Å². The van der Waals surface area contributed by atoms with Gasteiger partial charge in [0, 0.05) is 12.1 Å². The summed E-state index contributed by atoms with van der Waals surface area (Å²) in [4.78, 5) is 11.8. The molecule has 5 nitrogen and oxygen atoms in total. The fourth-order valence-electron chi connectivity index (χ4n) is 1.84. The molecule has 0 aromatic heterocycles. The van der Waals surface area contributed by atoms with Crippen LogP contribution in [-0.4, -0.2) is 33.7 Å². The van der Waals surface area contributed by atoms with Gasteiger partial charge in [-0.15, -0.1) is 0 Å². The SMILES string of the molecule is CCC(C(=O)NC)N(c1cccc(Cl)c1)S(C)(=O)=O. The molecule has 0 fully saturated rings. The lowest BCUT2D eigenvalue weighted by atomic mass is 10.2. The van der Waals surface area contributed by atoms with E-state index in [2.05, 4.69) is 5.32 Å². The summed E-state index contributed by atoms with van der Waals surface area (Å²) in [5.41, 5.74) is 0.380. The summed E-state index contributed by atoms with van der Waals surface area (Å²) < 4.78 is 25.0. The standard InChI is InChI=1S/C12H17ClN2O3S/c1-4-11(12(16)14-2)15(19(3,17)18)10-7-5-6-9(13)8-10/h5-8,11H,4H2,1-3H3,(H,14,16). The Balaban J connectivity index is 3.34. The molecule has 0 saturated heterocycles. The predicted octanol–water partition coefficient (Wildman–Crippen LogP) is 1.63. The normalized spacial score (nSPS) is 12.8. The van der Waals surface area contributed by atoms with Crippen LogP contribution in [0.5, 0.6) is 0 Å². The number of amides is 1. The molecule has 0 aliphatic heterocycles. The molecule has 1 amide bonds. The van der Waals surface area contributed by atoms with Crippen molar-refractivity contribution in [2.75, 3.05) is 17.6 Å². The van der Waals surface area contributed by atoms with Crippen molar-refractivity contribution in [2.24, 2.45) is 0 Å². The fourth-order valence-corrected chi connectivity index (χ4v) is 3.23. The Bertz CT molecular complexity index is 560. The maximum Gasteiger partial charge on any atom is 0.243 e. The Hall–Kier alpha value is -1.27. The van der Waals surface area contributed by atoms with Crippen molar-refractivity contribution in [2.45, 2.75) is 19.4 Å². The number of halogens is 1. The van der Waals surface area contributed by atoms with Gasteiger partial charge in [0.15, 0.2) is 0 Å². The second kappa shape index (κ2) is 6.25. The molecular weight excluding hydrogens is 288 g/mol. The maximum absolute atomic E-state index is 12.0. The zero-order valence-corrected chi connectivity index (χ0v) is 12.6. The second-order valence-corrected chi connectivity index (χ2v) is 6.37. The number of sulfonamides is 1. The van der Waals surface area contributed by atoms with E-state index in [1.807, 2.05) is 0 Å². The number of nitrogens with one attached hydrogen (secondary N) is 1. The number of hydrogen-bond acceptors (Lipinski definition) is 3. The number of nitrogens with zero attached hydrogens (tertiary/aromatic N) is 1. The third kappa shape index (κ3) is 3.84. The van der Waals surface area contributed by atoms with Crippen LogP contribution in [0.15, 0.2) is 24.3 Å². The Morgan fingerprint density at radius 3 is 2.53 bits per heavy atom. The number of likely N-dealkylation sites (N-methyl/N-ethyl adjacent to an activating group) is 1. The molecule has 0 spiro atoms. The molecule has 1 atom stereocenters. The average Bonchev–Trinajstić information content (AvgIpc) is 2.33. The molecule has 1 rings (SSSR count). The van der Waals surface area contributed by atoms with Crippen LogP contribution >= 0.6 is 11.6 Å². The van der Waals surface area contributed by atoms with Gasteiger partial charge >= 0.3 is 0 Å². The molecule has 0 aliphatic carbocycles. The first kappa shape index (κ1) is 15.8. The van der Waals surface area contributed by atoms with Gasteiger partial charge in [0.2, 0.25) is 15.9 Å². The van der Waals surface area contributed by atoms with Gasteiger partial charge in [0.05, 0.1) is 11.9 Å². The van der Waals surface area contributed by atoms with Crippen molar-refractivity contribution in [1.29, 1.82) is 0 Å². The van der Waals surface area contributed by atoms with Gasteiger partial charge < -0.3 is 5.32 Å². The minimum Gasteiger partial charge on any atom is -0.357 e. The predicted molar refractivity (Wildman–Crippen MR) is 76.9 cm³/mol. The maximum atomic E-state index is 12.0. The molecule has 1 N–H and O–H groups in total. The van der Waals surface area contributed by atoms with E-state index in [9.17, 15) is 13.2 Å². The van der Waals surface area contributed by atoms with Crippen molar-refractivity contribution in [3.63, 3.8) is 0 Å². The summed E-state index contributed by atoms with van der Waals surface area (Å²) in [6.45, 7) is 1.75. The number of benzene rings is 1. The van der Waals surface area contributed by atoms with Crippen LogP contribution in [0.25, 0.3) is 0 Å². The number of rotatable bonds is 5. The van der Waals surface area contributed by atoms with Gasteiger partial charge in [-0.2, -0.15) is 0 Å². The highest BCUT2D eigenvalue weighted by atomic mass is 35.5. The van der Waals surface area contributed by atoms with Crippen LogP contribution in [0.3, 0.4) is 0 Å². The second-order valence-electron chi connectivity index (χ2n) is 4.08. The summed E-state index contributed by atoms with van der Waals surface area (Å²) in [6, 6.07) is 5.63. The minimum absolute atomic E-state index is 0.354. The zero-order chi connectivity index (χ0) is 14.6. The van der Waals surface area contributed by atoms with E-state index in [1.165, 1.54) is 13.1 Å². The van der Waals surface area contributed by atoms with Crippen LogP contribution in [0.2, 0.25) is 5.02 Å². The summed E-state index contributed by atoms with van der Waals surface area (Å²) in [6.07, 6.45) is 1.43. The third-order valence-corrected chi connectivity index (χ3v) is 4.05. The Labute approximate surface area is 118 Å². The van der Waals surface area contributed by atoms with Crippen LogP contribution < -0.4 is 9.62 Å². The lowest BCUT2D eigenvalue weighted by Gasteiger charge is -2.29. The van der Waals surface area contributed by atoms with E-state index in [0.717, 1.165) is 10.6 Å². The van der Waals surface area contributed by atoms with Gasteiger partial charge in [-0.25, -0.2) is 8.42 Å². The Morgan fingerprint density at radius 2 is 2.11 bits per heavy atom. The van der Waals surface area contributed by atoms with Gasteiger partial charge in [-0.05, 0) is 24.6 Å². The smallest absolute Gasteiger partial charge is 0.243 e. The Morgan fingerprint density at radius 1 is 1.47 bits per heavy atom. The van der Waals surface area contributed by atoms with E-state index in [-0.39, 0.29) is 5.91 Å². The van der Waals surface area contributed by atoms with Crippen LogP contribution in [0.4, 0.5) is 5.69 Å². The number of hydrogen-bond donors (Lipinski definition) is 1. The number of carbonyl (C=O) groups excluding carboxylic acids is 1. The van der Waals surface area contributed by atoms with Crippen LogP contribution in [-0.2, 0) is 14.8 Å². The third-order valence-electron chi connectivity index (χ3n) is 2.64. The highest BCUT2D eigenvalue weighted by molar-refractivity contribution is 7.92. The Kier molecular flexibility index (Phi) is 5.20. The fraction of sp³-hybridized carbons (Fsp3) is 0.417. The number of carbonyl (C=O) groups is 1. The van der Waals surface area contributed by atoms with E-state index in [0.29, 0.717) is 17.1 Å². The monoisotopic (exact) mass is 304 g/mol. The molecule has 1 aromatic carbocycles. The quantitative estimate of drug-likeness (QED) is 0.899. The van der Waals surface area contributed by atoms with Crippen molar-refractivity contribution < 1.29 is 13.2 Å². The van der Waals surface area contributed by atoms with E-state index >= 15 is 0 Å². The van der Waals surface area contributed by atoms with E-state index in [4.69, 9.17) is 11.6 Å². The zero-order valence-electron chi connectivity index (χ0n) is 11.1. The molecule has 0 bridgehead atoms. The van der Waals surface area contributed by atoms with Crippen LogP contribution in [0.1, 0.15) is 13.3 Å². The summed E-state index contributed by atoms with van der Waals surface area (Å²) in [5, 5.41) is 2.89. The van der Waals surface area contributed by atoms with Gasteiger partial charge in [-0.3, -0.25) is 9.10 Å². The summed E-state index contributed by atoms with van der Waals surface area (Å²) in [5.74, 6) is -0.354. The van der Waals surface area contributed by atoms with E-state index in [1.54, 1.807) is 25.1 Å². The molecule has 1 unspecified atom stereocenters. The lowest BCUT2D eigenvalue weighted by molar-refractivity contribution is -0.121. The molecule has 7 heteroatoms. The molecular formula is C12H17ClN2O3S. The van der Waals surface area contributed by atoms with Crippen LogP contribution in [0, 0.1) is 0 Å². The highest BCUT2D eigenvalue weighted by Crippen LogP contribution is 2.25. The van der Waals surface area contributed by atoms with E-state index < -0.39 is 16.1 Å². The lowest BCUT2D eigenvalue weighted by Crippen LogP contribution is -2.48. The molecule has 0 radical (unpaired) electrons. The molecule has 106 valence electrons. The molecule has 1 aromatic rings. The average molecular weight is 305 g/mol. The van der Waals surface area contributed by atoms with Gasteiger partial charge in [0.25, 0.3) is 0 Å². The van der Waals surface area contributed by atoms with Crippen molar-refractivity contribution in [3.05, 3.63) is 29.3 Å². The van der Waals surface area contributed by atoms with Crippen molar-refractivity contribution >= 4 is 33.2 Å². The summed E-state index contributed by atoms with van der Waals surface area (Å²) >= 11 is 5.88. The van der Waals surface area contributed by atoms with Gasteiger partial charge in [-0.1, -0.05) is 24.6 Å². The minimum atomic E-state index is -3.59. The highest BCUT2D eigenvalue weighted by Gasteiger charge is 2.30. The van der Waals surface area contributed by atoms with Gasteiger partial charge in [0.1, 0.15) is 6.04 Å². The first-order valence-electron chi connectivity index (χ1n) is 5.77. The topological polar surface area (TPSA) is 66.5 Å².